The summed E-state index contributed by atoms with van der Waals surface area (Å²) in [5.74, 6) is -0.0590. The molecule has 0 N–H and O–H groups in total. The Kier molecular flexibility index (Phi) is 6.45. The van der Waals surface area contributed by atoms with Crippen LogP contribution < -0.4 is 4.90 Å². The number of carbonyl (C=O) groups is 2. The lowest BCUT2D eigenvalue weighted by atomic mass is 10.2. The second kappa shape index (κ2) is 8.99. The fourth-order valence-electron chi connectivity index (χ4n) is 3.15. The Hall–Kier alpha value is -2.41. The van der Waals surface area contributed by atoms with E-state index in [4.69, 9.17) is 4.74 Å². The standard InChI is InChI=1S/C20H25N3O3S/c1-15(24)22-9-11-23(12-10-22)17-5-3-16(21-14-17)4-6-18-7-8-19(27-18)13-20(25)26-2/h3,5,7-8,14H,4,6,9-13H2,1-2H3. The van der Waals surface area contributed by atoms with Crippen LogP contribution in [0.5, 0.6) is 0 Å². The van der Waals surface area contributed by atoms with E-state index in [1.807, 2.05) is 17.2 Å². The van der Waals surface area contributed by atoms with Gasteiger partial charge in [-0.2, -0.15) is 0 Å². The Bertz CT molecular complexity index is 780. The Morgan fingerprint density at radius 3 is 2.44 bits per heavy atom. The van der Waals surface area contributed by atoms with E-state index in [1.54, 1.807) is 18.3 Å². The number of carbonyl (C=O) groups excluding carboxylic acids is 2. The van der Waals surface area contributed by atoms with Gasteiger partial charge in [0.05, 0.1) is 25.4 Å². The molecule has 2 aromatic heterocycles. The van der Waals surface area contributed by atoms with Crippen molar-refractivity contribution in [1.82, 2.24) is 9.88 Å². The predicted molar refractivity (Wildman–Crippen MR) is 106 cm³/mol. The number of aromatic nitrogens is 1. The van der Waals surface area contributed by atoms with Gasteiger partial charge in [0.25, 0.3) is 0 Å². The Labute approximate surface area is 163 Å². The summed E-state index contributed by atoms with van der Waals surface area (Å²) in [7, 11) is 1.41. The van der Waals surface area contributed by atoms with Crippen molar-refractivity contribution in [2.75, 3.05) is 38.2 Å². The minimum absolute atomic E-state index is 0.145. The number of ether oxygens (including phenoxy) is 1. The molecule has 0 atom stereocenters. The molecule has 1 saturated heterocycles. The van der Waals surface area contributed by atoms with Gasteiger partial charge in [-0.05, 0) is 37.1 Å². The number of amides is 1. The maximum Gasteiger partial charge on any atom is 0.310 e. The summed E-state index contributed by atoms with van der Waals surface area (Å²) in [6, 6.07) is 8.26. The number of hydrogen-bond donors (Lipinski definition) is 0. The van der Waals surface area contributed by atoms with Gasteiger partial charge in [-0.3, -0.25) is 14.6 Å². The van der Waals surface area contributed by atoms with Gasteiger partial charge in [-0.25, -0.2) is 0 Å². The SMILES string of the molecule is COC(=O)Cc1ccc(CCc2ccc(N3CCN(C(C)=O)CC3)cn2)s1. The summed E-state index contributed by atoms with van der Waals surface area (Å²) in [5, 5.41) is 0. The van der Waals surface area contributed by atoms with E-state index >= 15 is 0 Å². The van der Waals surface area contributed by atoms with Crippen LogP contribution in [0.25, 0.3) is 0 Å². The molecule has 144 valence electrons. The maximum atomic E-state index is 11.4. The molecule has 27 heavy (non-hydrogen) atoms. The molecular formula is C20H25N3O3S. The van der Waals surface area contributed by atoms with Crippen molar-refractivity contribution in [2.24, 2.45) is 0 Å². The van der Waals surface area contributed by atoms with Crippen molar-refractivity contribution >= 4 is 28.9 Å². The smallest absolute Gasteiger partial charge is 0.310 e. The van der Waals surface area contributed by atoms with E-state index in [0.29, 0.717) is 6.42 Å². The second-order valence-corrected chi connectivity index (χ2v) is 7.87. The molecule has 0 bridgehead atoms. The van der Waals surface area contributed by atoms with Crippen LogP contribution in [0.3, 0.4) is 0 Å². The quantitative estimate of drug-likeness (QED) is 0.712. The number of methoxy groups -OCH3 is 1. The topological polar surface area (TPSA) is 62.7 Å². The van der Waals surface area contributed by atoms with Crippen LogP contribution in [0, 0.1) is 0 Å². The molecule has 3 heterocycles. The minimum atomic E-state index is -0.204. The van der Waals surface area contributed by atoms with E-state index in [2.05, 4.69) is 28.1 Å². The summed E-state index contributed by atoms with van der Waals surface area (Å²) in [6.45, 7) is 4.85. The monoisotopic (exact) mass is 387 g/mol. The van der Waals surface area contributed by atoms with Gasteiger partial charge in [-0.15, -0.1) is 11.3 Å². The van der Waals surface area contributed by atoms with Crippen LogP contribution in [-0.4, -0.2) is 55.0 Å². The number of pyridine rings is 1. The number of rotatable bonds is 6. The fourth-order valence-corrected chi connectivity index (χ4v) is 4.15. The molecule has 1 fully saturated rings. The van der Waals surface area contributed by atoms with E-state index in [-0.39, 0.29) is 11.9 Å². The highest BCUT2D eigenvalue weighted by Gasteiger charge is 2.18. The summed E-state index contributed by atoms with van der Waals surface area (Å²) in [6.07, 6.45) is 4.05. The fraction of sp³-hybridized carbons (Fsp3) is 0.450. The average Bonchev–Trinajstić information content (AvgIpc) is 3.14. The van der Waals surface area contributed by atoms with E-state index in [9.17, 15) is 9.59 Å². The lowest BCUT2D eigenvalue weighted by molar-refractivity contribution is -0.139. The van der Waals surface area contributed by atoms with Crippen molar-refractivity contribution in [1.29, 1.82) is 0 Å². The first-order chi connectivity index (χ1) is 13.0. The molecule has 0 unspecified atom stereocenters. The van der Waals surface area contributed by atoms with Crippen LogP contribution in [0.4, 0.5) is 5.69 Å². The van der Waals surface area contributed by atoms with Gasteiger partial charge >= 0.3 is 5.97 Å². The number of nitrogens with zero attached hydrogens (tertiary/aromatic N) is 3. The summed E-state index contributed by atoms with van der Waals surface area (Å²) in [4.78, 5) is 33.8. The zero-order valence-electron chi connectivity index (χ0n) is 15.8. The number of anilines is 1. The van der Waals surface area contributed by atoms with E-state index in [1.165, 1.54) is 12.0 Å². The molecule has 1 amide bonds. The van der Waals surface area contributed by atoms with Crippen molar-refractivity contribution in [3.05, 3.63) is 45.9 Å². The number of thiophene rings is 1. The van der Waals surface area contributed by atoms with Gasteiger partial charge in [0.2, 0.25) is 5.91 Å². The first kappa shape index (κ1) is 19.4. The lowest BCUT2D eigenvalue weighted by Gasteiger charge is -2.35. The number of hydrogen-bond acceptors (Lipinski definition) is 6. The van der Waals surface area contributed by atoms with Crippen LogP contribution in [0.2, 0.25) is 0 Å². The summed E-state index contributed by atoms with van der Waals surface area (Å²) in [5.41, 5.74) is 2.17. The number of aryl methyl sites for hydroxylation is 2. The van der Waals surface area contributed by atoms with Gasteiger partial charge < -0.3 is 14.5 Å². The normalized spacial score (nSPS) is 14.3. The van der Waals surface area contributed by atoms with Gasteiger partial charge in [-0.1, -0.05) is 0 Å². The molecule has 0 aromatic carbocycles. The molecule has 0 radical (unpaired) electrons. The first-order valence-corrected chi connectivity index (χ1v) is 9.96. The van der Waals surface area contributed by atoms with Gasteiger partial charge in [0, 0.05) is 48.6 Å². The molecule has 6 nitrogen and oxygen atoms in total. The average molecular weight is 388 g/mol. The molecule has 2 aromatic rings. The number of piperazine rings is 1. The predicted octanol–water partition coefficient (Wildman–Crippen LogP) is 2.31. The summed E-state index contributed by atoms with van der Waals surface area (Å²) >= 11 is 1.66. The largest absolute Gasteiger partial charge is 0.469 e. The molecule has 1 aliphatic heterocycles. The second-order valence-electron chi connectivity index (χ2n) is 6.62. The van der Waals surface area contributed by atoms with Crippen molar-refractivity contribution in [3.63, 3.8) is 0 Å². The third-order valence-electron chi connectivity index (χ3n) is 4.79. The number of esters is 1. The molecule has 0 spiro atoms. The highest BCUT2D eigenvalue weighted by atomic mass is 32.1. The zero-order valence-corrected chi connectivity index (χ0v) is 16.6. The molecule has 1 aliphatic rings. The zero-order chi connectivity index (χ0) is 19.2. The van der Waals surface area contributed by atoms with Crippen LogP contribution >= 0.6 is 11.3 Å². The molecule has 0 aliphatic carbocycles. The van der Waals surface area contributed by atoms with Crippen molar-refractivity contribution in [2.45, 2.75) is 26.2 Å². The Morgan fingerprint density at radius 1 is 1.07 bits per heavy atom. The molecule has 0 saturated carbocycles. The van der Waals surface area contributed by atoms with Gasteiger partial charge in [0.1, 0.15) is 0 Å². The Balaban J connectivity index is 1.50. The summed E-state index contributed by atoms with van der Waals surface area (Å²) < 4.78 is 4.71. The third kappa shape index (κ3) is 5.29. The molecule has 7 heteroatoms. The highest BCUT2D eigenvalue weighted by molar-refractivity contribution is 7.12. The van der Waals surface area contributed by atoms with Crippen LogP contribution in [0.1, 0.15) is 22.4 Å². The molecule has 3 rings (SSSR count). The van der Waals surface area contributed by atoms with E-state index in [0.717, 1.165) is 55.3 Å². The first-order valence-electron chi connectivity index (χ1n) is 9.15. The highest BCUT2D eigenvalue weighted by Crippen LogP contribution is 2.20. The third-order valence-corrected chi connectivity index (χ3v) is 5.94. The van der Waals surface area contributed by atoms with Crippen LogP contribution in [0.15, 0.2) is 30.5 Å². The Morgan fingerprint density at radius 2 is 1.81 bits per heavy atom. The van der Waals surface area contributed by atoms with E-state index < -0.39 is 0 Å². The van der Waals surface area contributed by atoms with Crippen molar-refractivity contribution in [3.8, 4) is 0 Å². The van der Waals surface area contributed by atoms with Gasteiger partial charge in [0.15, 0.2) is 0 Å². The molecular weight excluding hydrogens is 362 g/mol. The minimum Gasteiger partial charge on any atom is -0.469 e. The van der Waals surface area contributed by atoms with Crippen LogP contribution in [-0.2, 0) is 33.6 Å². The van der Waals surface area contributed by atoms with Crippen molar-refractivity contribution < 1.29 is 14.3 Å². The maximum absolute atomic E-state index is 11.4. The lowest BCUT2D eigenvalue weighted by Crippen LogP contribution is -2.48.